The molecular formula is C19H23N3OS. The van der Waals surface area contributed by atoms with Crippen molar-refractivity contribution in [2.24, 2.45) is 0 Å². The van der Waals surface area contributed by atoms with Gasteiger partial charge in [-0.25, -0.2) is 0 Å². The first-order chi connectivity index (χ1) is 11.7. The Labute approximate surface area is 148 Å². The van der Waals surface area contributed by atoms with E-state index in [1.54, 1.807) is 0 Å². The second kappa shape index (κ2) is 6.55. The lowest BCUT2D eigenvalue weighted by molar-refractivity contribution is 0.177. The minimum atomic E-state index is 0.0335. The van der Waals surface area contributed by atoms with E-state index in [1.165, 1.54) is 32.1 Å². The Hall–Kier alpha value is -1.88. The van der Waals surface area contributed by atoms with Gasteiger partial charge < -0.3 is 14.6 Å². The summed E-state index contributed by atoms with van der Waals surface area (Å²) in [6.07, 6.45) is 8.14. The number of hydrogen-bond acceptors (Lipinski definition) is 3. The second-order valence-electron chi connectivity index (χ2n) is 6.77. The molecule has 0 bridgehead atoms. The fraction of sp³-hybridized carbons (Fsp3) is 0.474. The van der Waals surface area contributed by atoms with Crippen LogP contribution in [0.2, 0.25) is 0 Å². The van der Waals surface area contributed by atoms with Gasteiger partial charge in [0, 0.05) is 12.2 Å². The van der Waals surface area contributed by atoms with Crippen LogP contribution in [0.1, 0.15) is 61.4 Å². The van der Waals surface area contributed by atoms with Gasteiger partial charge in [0.05, 0.1) is 11.7 Å². The number of aromatic nitrogens is 1. The van der Waals surface area contributed by atoms with Gasteiger partial charge in [-0.2, -0.15) is 0 Å². The van der Waals surface area contributed by atoms with Gasteiger partial charge in [-0.05, 0) is 56.2 Å². The quantitative estimate of drug-likeness (QED) is 0.844. The third-order valence-corrected chi connectivity index (χ3v) is 5.48. The van der Waals surface area contributed by atoms with Crippen LogP contribution in [-0.4, -0.2) is 21.0 Å². The smallest absolute Gasteiger partial charge is 0.170 e. The van der Waals surface area contributed by atoms with Crippen LogP contribution in [0, 0.1) is 6.92 Å². The Morgan fingerprint density at radius 2 is 2.00 bits per heavy atom. The van der Waals surface area contributed by atoms with Crippen LogP contribution in [-0.2, 0) is 0 Å². The van der Waals surface area contributed by atoms with Gasteiger partial charge in [-0.15, -0.1) is 0 Å². The zero-order valence-corrected chi connectivity index (χ0v) is 14.8. The van der Waals surface area contributed by atoms with Crippen molar-refractivity contribution in [2.75, 3.05) is 0 Å². The van der Waals surface area contributed by atoms with Crippen LogP contribution < -0.4 is 5.32 Å². The van der Waals surface area contributed by atoms with Crippen molar-refractivity contribution < 1.29 is 4.42 Å². The fourth-order valence-corrected chi connectivity index (χ4v) is 4.42. The summed E-state index contributed by atoms with van der Waals surface area (Å²) in [5.74, 6) is 1.91. The van der Waals surface area contributed by atoms with Crippen LogP contribution in [0.3, 0.4) is 0 Å². The first kappa shape index (κ1) is 15.6. The maximum Gasteiger partial charge on any atom is 0.170 e. The summed E-state index contributed by atoms with van der Waals surface area (Å²) in [5.41, 5.74) is 1.01. The molecule has 24 heavy (non-hydrogen) atoms. The van der Waals surface area contributed by atoms with Crippen molar-refractivity contribution in [3.8, 4) is 0 Å². The molecule has 2 atom stereocenters. The summed E-state index contributed by atoms with van der Waals surface area (Å²) in [4.78, 5) is 6.95. The second-order valence-corrected chi connectivity index (χ2v) is 7.16. The van der Waals surface area contributed by atoms with Crippen molar-refractivity contribution in [3.05, 3.63) is 53.7 Å². The maximum absolute atomic E-state index is 6.02. The van der Waals surface area contributed by atoms with E-state index >= 15 is 0 Å². The molecule has 5 heteroatoms. The van der Waals surface area contributed by atoms with Gasteiger partial charge in [0.25, 0.3) is 0 Å². The molecule has 2 aromatic heterocycles. The minimum Gasteiger partial charge on any atom is -0.464 e. The van der Waals surface area contributed by atoms with Crippen molar-refractivity contribution in [2.45, 2.75) is 57.2 Å². The molecule has 1 saturated heterocycles. The largest absolute Gasteiger partial charge is 0.464 e. The number of nitrogens with one attached hydrogen (secondary N) is 1. The Kier molecular flexibility index (Phi) is 4.27. The molecule has 0 aromatic carbocycles. The Morgan fingerprint density at radius 3 is 2.67 bits per heavy atom. The predicted octanol–water partition coefficient (Wildman–Crippen LogP) is 4.29. The molecular weight excluding hydrogens is 318 g/mol. The summed E-state index contributed by atoms with van der Waals surface area (Å²) < 4.78 is 6.02. The average Bonchev–Trinajstić information content (AvgIpc) is 3.19. The highest BCUT2D eigenvalue weighted by molar-refractivity contribution is 7.80. The van der Waals surface area contributed by atoms with Gasteiger partial charge >= 0.3 is 0 Å². The molecule has 1 saturated carbocycles. The standard InChI is InChI=1S/C19H23N3OS/c1-13-10-11-16(23-13)18-17(15-9-5-6-12-20-15)21-19(24)22(18)14-7-3-2-4-8-14/h5-6,9-12,14,17-18H,2-4,7-8H2,1H3,(H,21,24)/t17-,18-/m0/s1. The third-order valence-electron chi connectivity index (χ3n) is 5.16. The van der Waals surface area contributed by atoms with Crippen molar-refractivity contribution in [1.29, 1.82) is 0 Å². The molecule has 0 amide bonds. The highest BCUT2D eigenvalue weighted by Crippen LogP contribution is 2.42. The summed E-state index contributed by atoms with van der Waals surface area (Å²) >= 11 is 5.73. The lowest BCUT2D eigenvalue weighted by atomic mass is 9.92. The van der Waals surface area contributed by atoms with Gasteiger partial charge in [-0.3, -0.25) is 4.98 Å². The van der Waals surface area contributed by atoms with Crippen LogP contribution in [0.4, 0.5) is 0 Å². The van der Waals surface area contributed by atoms with E-state index in [1.807, 2.05) is 31.3 Å². The summed E-state index contributed by atoms with van der Waals surface area (Å²) in [7, 11) is 0. The van der Waals surface area contributed by atoms with Gasteiger partial charge in [0.2, 0.25) is 0 Å². The lowest BCUT2D eigenvalue weighted by Crippen LogP contribution is -2.40. The molecule has 2 aromatic rings. The number of nitrogens with zero attached hydrogens (tertiary/aromatic N) is 2. The molecule has 2 fully saturated rings. The van der Waals surface area contributed by atoms with Crippen LogP contribution >= 0.6 is 12.2 Å². The highest BCUT2D eigenvalue weighted by Gasteiger charge is 2.44. The van der Waals surface area contributed by atoms with E-state index in [9.17, 15) is 0 Å². The molecule has 126 valence electrons. The zero-order valence-electron chi connectivity index (χ0n) is 13.9. The fourth-order valence-electron chi connectivity index (χ4n) is 4.03. The first-order valence-corrected chi connectivity index (χ1v) is 9.21. The molecule has 1 N–H and O–H groups in total. The molecule has 2 aliphatic rings. The van der Waals surface area contributed by atoms with Gasteiger partial charge in [0.15, 0.2) is 5.11 Å². The Morgan fingerprint density at radius 1 is 1.17 bits per heavy atom. The van der Waals surface area contributed by atoms with Crippen LogP contribution in [0.15, 0.2) is 40.9 Å². The SMILES string of the molecule is Cc1ccc([C@H]2[C@H](c3ccccn3)NC(=S)N2C2CCCCC2)o1. The Bertz CT molecular complexity index is 708. The summed E-state index contributed by atoms with van der Waals surface area (Å²) in [5, 5.41) is 4.34. The number of aryl methyl sites for hydroxylation is 1. The number of rotatable bonds is 3. The molecule has 0 unspecified atom stereocenters. The van der Waals surface area contributed by atoms with Crippen LogP contribution in [0.25, 0.3) is 0 Å². The van der Waals surface area contributed by atoms with E-state index in [0.717, 1.165) is 22.3 Å². The van der Waals surface area contributed by atoms with Crippen LogP contribution in [0.5, 0.6) is 0 Å². The van der Waals surface area contributed by atoms with Crippen molar-refractivity contribution in [1.82, 2.24) is 15.2 Å². The number of thiocarbonyl (C=S) groups is 1. The lowest BCUT2D eigenvalue weighted by Gasteiger charge is -2.36. The van der Waals surface area contributed by atoms with E-state index < -0.39 is 0 Å². The molecule has 1 aliphatic carbocycles. The van der Waals surface area contributed by atoms with E-state index in [0.29, 0.717) is 6.04 Å². The van der Waals surface area contributed by atoms with Gasteiger partial charge in [0.1, 0.15) is 17.6 Å². The zero-order chi connectivity index (χ0) is 16.5. The average molecular weight is 341 g/mol. The topological polar surface area (TPSA) is 41.3 Å². The Balaban J connectivity index is 1.73. The highest BCUT2D eigenvalue weighted by atomic mass is 32.1. The van der Waals surface area contributed by atoms with E-state index in [2.05, 4.69) is 27.3 Å². The third kappa shape index (κ3) is 2.81. The normalized spacial score (nSPS) is 25.0. The van der Waals surface area contributed by atoms with Crippen molar-refractivity contribution in [3.63, 3.8) is 0 Å². The molecule has 4 rings (SSSR count). The predicted molar refractivity (Wildman–Crippen MR) is 97.6 cm³/mol. The summed E-state index contributed by atoms with van der Waals surface area (Å²) in [6, 6.07) is 10.8. The molecule has 0 radical (unpaired) electrons. The maximum atomic E-state index is 6.02. The molecule has 1 aliphatic heterocycles. The van der Waals surface area contributed by atoms with Crippen molar-refractivity contribution >= 4 is 17.3 Å². The first-order valence-electron chi connectivity index (χ1n) is 8.80. The number of hydrogen-bond donors (Lipinski definition) is 1. The van der Waals surface area contributed by atoms with Gasteiger partial charge in [-0.1, -0.05) is 25.3 Å². The summed E-state index contributed by atoms with van der Waals surface area (Å²) in [6.45, 7) is 1.99. The number of furan rings is 1. The molecule has 3 heterocycles. The monoisotopic (exact) mass is 341 g/mol. The molecule has 0 spiro atoms. The van der Waals surface area contributed by atoms with E-state index in [-0.39, 0.29) is 12.1 Å². The van der Waals surface area contributed by atoms with E-state index in [4.69, 9.17) is 16.6 Å². The number of pyridine rings is 1. The molecule has 4 nitrogen and oxygen atoms in total. The minimum absolute atomic E-state index is 0.0335.